The molecule has 0 fully saturated rings. The predicted molar refractivity (Wildman–Crippen MR) is 165 cm³/mol. The lowest BCUT2D eigenvalue weighted by atomic mass is 10.1. The number of anilines is 2. The van der Waals surface area contributed by atoms with Gasteiger partial charge in [-0.1, -0.05) is 60.1 Å². The maximum absolute atomic E-state index is 13.3. The number of carbonyl (C=O) groups excluding carboxylic acids is 1. The molecule has 4 aromatic carbocycles. The van der Waals surface area contributed by atoms with Crippen molar-refractivity contribution in [3.05, 3.63) is 119 Å². The number of halogens is 1. The molecule has 0 atom stereocenters. The summed E-state index contributed by atoms with van der Waals surface area (Å²) in [6.45, 7) is 0.605. The minimum Gasteiger partial charge on any atom is -0.326 e. The van der Waals surface area contributed by atoms with E-state index in [4.69, 9.17) is 11.6 Å². The molecule has 0 spiro atoms. The Hall–Kier alpha value is -3.70. The number of amides is 1. The van der Waals surface area contributed by atoms with Crippen LogP contribution in [-0.2, 0) is 44.1 Å². The topological polar surface area (TPSA) is 113 Å². The van der Waals surface area contributed by atoms with Gasteiger partial charge in [0.1, 0.15) is 0 Å². The Labute approximate surface area is 251 Å². The van der Waals surface area contributed by atoms with E-state index >= 15 is 0 Å². The molecule has 5 rings (SSSR count). The van der Waals surface area contributed by atoms with Crippen molar-refractivity contribution in [3.8, 4) is 0 Å². The maximum Gasteiger partial charge on any atom is 0.264 e. The zero-order valence-corrected chi connectivity index (χ0v) is 25.1. The highest BCUT2D eigenvalue weighted by Crippen LogP contribution is 2.35. The standard InChI is InChI=1S/C31H30ClN3O5S2/c32-26-10-15-29(16-11-26)42(39,40)35-21-19-25-9-12-27(22-30(25)35)34-31(36)17-8-24-6-13-28(14-7-24)41(37,38)33-20-18-23-4-2-1-3-5-23/h1-7,9-16,22,33H,8,17-21H2,(H,34,36). The van der Waals surface area contributed by atoms with Crippen LogP contribution in [0.4, 0.5) is 11.4 Å². The molecule has 1 aliphatic rings. The van der Waals surface area contributed by atoms with Gasteiger partial charge in [-0.2, -0.15) is 0 Å². The molecule has 0 aliphatic carbocycles. The zero-order chi connectivity index (χ0) is 29.7. The summed E-state index contributed by atoms with van der Waals surface area (Å²) in [5.74, 6) is -0.237. The Morgan fingerprint density at radius 3 is 2.17 bits per heavy atom. The summed E-state index contributed by atoms with van der Waals surface area (Å²) in [6.07, 6.45) is 1.75. The number of fused-ring (bicyclic) bond motifs is 1. The van der Waals surface area contributed by atoms with Gasteiger partial charge >= 0.3 is 0 Å². The highest BCUT2D eigenvalue weighted by atomic mass is 35.5. The monoisotopic (exact) mass is 623 g/mol. The fraction of sp³-hybridized carbons (Fsp3) is 0.194. The number of carbonyl (C=O) groups is 1. The van der Waals surface area contributed by atoms with Crippen molar-refractivity contribution in [1.29, 1.82) is 0 Å². The van der Waals surface area contributed by atoms with Crippen molar-refractivity contribution in [3.63, 3.8) is 0 Å². The largest absolute Gasteiger partial charge is 0.326 e. The number of nitrogens with zero attached hydrogens (tertiary/aromatic N) is 1. The van der Waals surface area contributed by atoms with Gasteiger partial charge in [0.2, 0.25) is 15.9 Å². The fourth-order valence-corrected chi connectivity index (χ4v) is 7.44. The van der Waals surface area contributed by atoms with Crippen molar-refractivity contribution in [2.24, 2.45) is 0 Å². The first kappa shape index (κ1) is 29.8. The van der Waals surface area contributed by atoms with Gasteiger partial charge in [-0.25, -0.2) is 21.6 Å². The minimum atomic E-state index is -3.78. The minimum absolute atomic E-state index is 0.149. The van der Waals surface area contributed by atoms with Gasteiger partial charge in [-0.15, -0.1) is 0 Å². The number of benzene rings is 4. The van der Waals surface area contributed by atoms with Crippen LogP contribution in [0.3, 0.4) is 0 Å². The number of hydrogen-bond acceptors (Lipinski definition) is 5. The van der Waals surface area contributed by atoms with Crippen LogP contribution in [0, 0.1) is 0 Å². The summed E-state index contributed by atoms with van der Waals surface area (Å²) in [7, 11) is -7.42. The predicted octanol–water partition coefficient (Wildman–Crippen LogP) is 5.18. The molecule has 4 aromatic rings. The molecule has 0 unspecified atom stereocenters. The van der Waals surface area contributed by atoms with Crippen molar-refractivity contribution in [2.45, 2.75) is 35.5 Å². The van der Waals surface area contributed by atoms with E-state index < -0.39 is 20.0 Å². The maximum atomic E-state index is 13.3. The third kappa shape index (κ3) is 7.01. The van der Waals surface area contributed by atoms with Crippen LogP contribution in [-0.4, -0.2) is 35.8 Å². The van der Waals surface area contributed by atoms with Crippen LogP contribution in [0.2, 0.25) is 5.02 Å². The normalized spacial score (nSPS) is 13.1. The first-order valence-corrected chi connectivity index (χ1v) is 16.8. The van der Waals surface area contributed by atoms with Gasteiger partial charge in [0.05, 0.1) is 15.5 Å². The lowest BCUT2D eigenvalue weighted by Crippen LogP contribution is -2.29. The van der Waals surface area contributed by atoms with Crippen LogP contribution < -0.4 is 14.3 Å². The van der Waals surface area contributed by atoms with Gasteiger partial charge in [0, 0.05) is 30.2 Å². The molecule has 0 aromatic heterocycles. The molecule has 11 heteroatoms. The summed E-state index contributed by atoms with van der Waals surface area (Å²) in [5.41, 5.74) is 3.80. The summed E-state index contributed by atoms with van der Waals surface area (Å²) in [4.78, 5) is 13.0. The molecule has 0 bridgehead atoms. The quantitative estimate of drug-likeness (QED) is 0.239. The van der Waals surface area contributed by atoms with Crippen LogP contribution in [0.15, 0.2) is 107 Å². The summed E-state index contributed by atoms with van der Waals surface area (Å²) < 4.78 is 55.8. The molecule has 1 aliphatic heterocycles. The van der Waals surface area contributed by atoms with Gasteiger partial charge in [0.15, 0.2) is 0 Å². The van der Waals surface area contributed by atoms with E-state index in [1.807, 2.05) is 36.4 Å². The Morgan fingerprint density at radius 1 is 0.786 bits per heavy atom. The molecule has 0 radical (unpaired) electrons. The third-order valence-corrected chi connectivity index (χ3v) is 10.6. The average Bonchev–Trinajstić information content (AvgIpc) is 3.41. The van der Waals surface area contributed by atoms with Crippen molar-refractivity contribution in [2.75, 3.05) is 22.7 Å². The van der Waals surface area contributed by atoms with E-state index in [9.17, 15) is 21.6 Å². The zero-order valence-electron chi connectivity index (χ0n) is 22.7. The molecule has 0 saturated carbocycles. The Bertz CT molecular complexity index is 1780. The van der Waals surface area contributed by atoms with E-state index in [0.717, 1.165) is 16.7 Å². The Kier molecular flexibility index (Phi) is 8.98. The SMILES string of the molecule is O=C(CCc1ccc(S(=O)(=O)NCCc2ccccc2)cc1)Nc1ccc2c(c1)N(S(=O)(=O)c1ccc(Cl)cc1)CC2. The number of sulfonamides is 2. The van der Waals surface area contributed by atoms with Gasteiger partial charge in [-0.3, -0.25) is 9.10 Å². The first-order valence-electron chi connectivity index (χ1n) is 13.5. The lowest BCUT2D eigenvalue weighted by Gasteiger charge is -2.20. The average molecular weight is 624 g/mol. The van der Waals surface area contributed by atoms with Gasteiger partial charge in [0.25, 0.3) is 10.0 Å². The van der Waals surface area contributed by atoms with E-state index in [0.29, 0.717) is 48.7 Å². The van der Waals surface area contributed by atoms with Crippen LogP contribution in [0.25, 0.3) is 0 Å². The summed E-state index contributed by atoms with van der Waals surface area (Å²) >= 11 is 5.92. The second kappa shape index (κ2) is 12.7. The molecular formula is C31H30ClN3O5S2. The highest BCUT2D eigenvalue weighted by molar-refractivity contribution is 7.92. The molecule has 0 saturated heterocycles. The summed E-state index contributed by atoms with van der Waals surface area (Å²) in [6, 6.07) is 27.4. The van der Waals surface area contributed by atoms with Crippen LogP contribution in [0.1, 0.15) is 23.1 Å². The molecule has 2 N–H and O–H groups in total. The van der Waals surface area contributed by atoms with Crippen molar-refractivity contribution >= 4 is 48.9 Å². The third-order valence-electron chi connectivity index (χ3n) is 7.05. The van der Waals surface area contributed by atoms with Gasteiger partial charge in [-0.05, 0) is 84.5 Å². The fourth-order valence-electron chi connectivity index (χ4n) is 4.79. The van der Waals surface area contributed by atoms with Crippen LogP contribution in [0.5, 0.6) is 0 Å². The van der Waals surface area contributed by atoms with Crippen LogP contribution >= 0.6 is 11.6 Å². The molecular weight excluding hydrogens is 594 g/mol. The number of rotatable bonds is 11. The summed E-state index contributed by atoms with van der Waals surface area (Å²) in [5, 5.41) is 3.30. The number of aryl methyl sites for hydroxylation is 1. The molecule has 1 heterocycles. The molecule has 8 nitrogen and oxygen atoms in total. The molecule has 218 valence electrons. The van der Waals surface area contributed by atoms with Crippen molar-refractivity contribution in [1.82, 2.24) is 4.72 Å². The Morgan fingerprint density at radius 2 is 1.45 bits per heavy atom. The lowest BCUT2D eigenvalue weighted by molar-refractivity contribution is -0.116. The van der Waals surface area contributed by atoms with E-state index in [1.54, 1.807) is 36.4 Å². The number of hydrogen-bond donors (Lipinski definition) is 2. The smallest absolute Gasteiger partial charge is 0.264 e. The second-order valence-corrected chi connectivity index (χ2v) is 14.0. The first-order chi connectivity index (χ1) is 20.1. The molecule has 1 amide bonds. The molecule has 42 heavy (non-hydrogen) atoms. The van der Waals surface area contributed by atoms with E-state index in [-0.39, 0.29) is 22.1 Å². The van der Waals surface area contributed by atoms with E-state index in [1.165, 1.54) is 28.6 Å². The van der Waals surface area contributed by atoms with Crippen molar-refractivity contribution < 1.29 is 21.6 Å². The van der Waals surface area contributed by atoms with Gasteiger partial charge < -0.3 is 5.32 Å². The Balaban J connectivity index is 1.16. The highest BCUT2D eigenvalue weighted by Gasteiger charge is 2.31. The van der Waals surface area contributed by atoms with E-state index in [2.05, 4.69) is 10.0 Å². The second-order valence-electron chi connectivity index (χ2n) is 9.95. The number of nitrogens with one attached hydrogen (secondary N) is 2.